The predicted molar refractivity (Wildman–Crippen MR) is 67.2 cm³/mol. The molecule has 2 atom stereocenters. The average molecular weight is 257 g/mol. The fraction of sp³-hybridized carbons (Fsp3) is 0.846. The second-order valence-corrected chi connectivity index (χ2v) is 5.43. The SMILES string of the molecule is CC(C)C1OCCC1C(=O)N(CC(=O)O)C(C)C. The first kappa shape index (κ1) is 15.0. The maximum absolute atomic E-state index is 12.4. The first-order chi connectivity index (χ1) is 8.34. The molecule has 0 bridgehead atoms. The van der Waals surface area contributed by atoms with Crippen molar-refractivity contribution in [1.82, 2.24) is 4.90 Å². The van der Waals surface area contributed by atoms with Crippen LogP contribution in [0.5, 0.6) is 0 Å². The van der Waals surface area contributed by atoms with Crippen LogP contribution < -0.4 is 0 Å². The fourth-order valence-electron chi connectivity index (χ4n) is 2.41. The first-order valence-corrected chi connectivity index (χ1v) is 6.48. The Labute approximate surface area is 108 Å². The monoisotopic (exact) mass is 257 g/mol. The van der Waals surface area contributed by atoms with Gasteiger partial charge in [0.1, 0.15) is 6.54 Å². The summed E-state index contributed by atoms with van der Waals surface area (Å²) >= 11 is 0. The zero-order valence-corrected chi connectivity index (χ0v) is 11.5. The Morgan fingerprint density at radius 3 is 2.39 bits per heavy atom. The number of rotatable bonds is 5. The van der Waals surface area contributed by atoms with E-state index in [0.717, 1.165) is 0 Å². The van der Waals surface area contributed by atoms with Crippen LogP contribution >= 0.6 is 0 Å². The Bertz CT molecular complexity index is 314. The van der Waals surface area contributed by atoms with Gasteiger partial charge in [0.2, 0.25) is 5.91 Å². The van der Waals surface area contributed by atoms with E-state index in [9.17, 15) is 9.59 Å². The summed E-state index contributed by atoms with van der Waals surface area (Å²) in [6.07, 6.45) is 0.595. The van der Waals surface area contributed by atoms with Gasteiger partial charge in [-0.15, -0.1) is 0 Å². The van der Waals surface area contributed by atoms with Gasteiger partial charge in [-0.25, -0.2) is 0 Å². The second kappa shape index (κ2) is 6.18. The van der Waals surface area contributed by atoms with Gasteiger partial charge in [0.25, 0.3) is 0 Å². The zero-order chi connectivity index (χ0) is 13.9. The number of aliphatic carboxylic acids is 1. The van der Waals surface area contributed by atoms with Crippen LogP contribution in [0.4, 0.5) is 0 Å². The Kier molecular flexibility index (Phi) is 5.14. The minimum absolute atomic E-state index is 0.0902. The van der Waals surface area contributed by atoms with E-state index in [2.05, 4.69) is 0 Å². The van der Waals surface area contributed by atoms with Crippen molar-refractivity contribution >= 4 is 11.9 Å². The van der Waals surface area contributed by atoms with Crippen LogP contribution in [0.1, 0.15) is 34.1 Å². The van der Waals surface area contributed by atoms with E-state index in [4.69, 9.17) is 9.84 Å². The fourth-order valence-corrected chi connectivity index (χ4v) is 2.41. The van der Waals surface area contributed by atoms with Gasteiger partial charge >= 0.3 is 5.97 Å². The summed E-state index contributed by atoms with van der Waals surface area (Å²) in [6.45, 7) is 8.05. The number of nitrogens with zero attached hydrogens (tertiary/aromatic N) is 1. The normalized spacial score (nSPS) is 23.7. The molecule has 18 heavy (non-hydrogen) atoms. The van der Waals surface area contributed by atoms with Crippen molar-refractivity contribution in [3.63, 3.8) is 0 Å². The maximum atomic E-state index is 12.4. The molecule has 0 aromatic rings. The lowest BCUT2D eigenvalue weighted by molar-refractivity contribution is -0.149. The predicted octanol–water partition coefficient (Wildman–Crippen LogP) is 1.37. The number of carbonyl (C=O) groups excluding carboxylic acids is 1. The van der Waals surface area contributed by atoms with E-state index in [0.29, 0.717) is 13.0 Å². The molecule has 1 rings (SSSR count). The van der Waals surface area contributed by atoms with E-state index in [1.54, 1.807) is 0 Å². The standard InChI is InChI=1S/C13H23NO4/c1-8(2)12-10(5-6-18-12)13(17)14(9(3)4)7-11(15)16/h8-10,12H,5-7H2,1-4H3,(H,15,16). The average Bonchev–Trinajstić information content (AvgIpc) is 2.73. The van der Waals surface area contributed by atoms with Crippen molar-refractivity contribution in [1.29, 1.82) is 0 Å². The third kappa shape index (κ3) is 3.45. The Balaban J connectivity index is 2.79. The van der Waals surface area contributed by atoms with Gasteiger partial charge in [0, 0.05) is 12.6 Å². The lowest BCUT2D eigenvalue weighted by Crippen LogP contribution is -2.46. The van der Waals surface area contributed by atoms with Gasteiger partial charge in [-0.1, -0.05) is 13.8 Å². The minimum atomic E-state index is -0.975. The molecule has 0 radical (unpaired) electrons. The molecule has 2 unspecified atom stereocenters. The molecule has 1 saturated heterocycles. The summed E-state index contributed by atoms with van der Waals surface area (Å²) in [4.78, 5) is 24.7. The molecule has 0 spiro atoms. The first-order valence-electron chi connectivity index (χ1n) is 6.48. The van der Waals surface area contributed by atoms with Crippen LogP contribution in [-0.2, 0) is 14.3 Å². The quantitative estimate of drug-likeness (QED) is 0.807. The molecular weight excluding hydrogens is 234 g/mol. The summed E-state index contributed by atoms with van der Waals surface area (Å²) in [7, 11) is 0. The topological polar surface area (TPSA) is 66.8 Å². The molecule has 0 aromatic heterocycles. The third-order valence-electron chi connectivity index (χ3n) is 3.32. The Hall–Kier alpha value is -1.10. The number of amides is 1. The molecular formula is C13H23NO4. The van der Waals surface area contributed by atoms with Crippen molar-refractivity contribution in [2.24, 2.45) is 11.8 Å². The van der Waals surface area contributed by atoms with E-state index >= 15 is 0 Å². The smallest absolute Gasteiger partial charge is 0.323 e. The van der Waals surface area contributed by atoms with E-state index < -0.39 is 5.97 Å². The molecule has 1 N–H and O–H groups in total. The lowest BCUT2D eigenvalue weighted by Gasteiger charge is -2.30. The van der Waals surface area contributed by atoms with Crippen LogP contribution in [-0.4, -0.2) is 47.2 Å². The molecule has 1 aliphatic rings. The molecule has 0 saturated carbocycles. The summed E-state index contributed by atoms with van der Waals surface area (Å²) in [6, 6.07) is -0.109. The third-order valence-corrected chi connectivity index (χ3v) is 3.32. The van der Waals surface area contributed by atoms with E-state index in [1.807, 2.05) is 27.7 Å². The van der Waals surface area contributed by atoms with E-state index in [1.165, 1.54) is 4.90 Å². The number of hydrogen-bond acceptors (Lipinski definition) is 3. The molecule has 0 aliphatic carbocycles. The van der Waals surface area contributed by atoms with Crippen LogP contribution in [0.15, 0.2) is 0 Å². The number of hydrogen-bond donors (Lipinski definition) is 1. The summed E-state index contributed by atoms with van der Waals surface area (Å²) in [5.41, 5.74) is 0. The number of ether oxygens (including phenoxy) is 1. The van der Waals surface area contributed by atoms with Crippen LogP contribution in [0, 0.1) is 11.8 Å². The summed E-state index contributed by atoms with van der Waals surface area (Å²) in [5.74, 6) is -1.01. The van der Waals surface area contributed by atoms with Crippen LogP contribution in [0.3, 0.4) is 0 Å². The molecule has 104 valence electrons. The largest absolute Gasteiger partial charge is 0.480 e. The number of carboxylic acids is 1. The van der Waals surface area contributed by atoms with Crippen molar-refractivity contribution < 1.29 is 19.4 Å². The minimum Gasteiger partial charge on any atom is -0.480 e. The summed E-state index contributed by atoms with van der Waals surface area (Å²) < 4.78 is 5.59. The highest BCUT2D eigenvalue weighted by molar-refractivity contribution is 5.84. The highest BCUT2D eigenvalue weighted by atomic mass is 16.5. The van der Waals surface area contributed by atoms with E-state index in [-0.39, 0.29) is 36.4 Å². The van der Waals surface area contributed by atoms with Crippen molar-refractivity contribution in [3.8, 4) is 0 Å². The van der Waals surface area contributed by atoms with Gasteiger partial charge in [-0.3, -0.25) is 9.59 Å². The van der Waals surface area contributed by atoms with Gasteiger partial charge in [0.05, 0.1) is 12.0 Å². The molecule has 1 aliphatic heterocycles. The van der Waals surface area contributed by atoms with Gasteiger partial charge in [-0.2, -0.15) is 0 Å². The Morgan fingerprint density at radius 2 is 1.94 bits per heavy atom. The van der Waals surface area contributed by atoms with Crippen LogP contribution in [0.2, 0.25) is 0 Å². The zero-order valence-electron chi connectivity index (χ0n) is 11.5. The molecule has 1 amide bonds. The molecule has 5 heteroatoms. The van der Waals surface area contributed by atoms with Crippen molar-refractivity contribution in [2.75, 3.05) is 13.2 Å². The van der Waals surface area contributed by atoms with Gasteiger partial charge in [-0.05, 0) is 26.2 Å². The molecule has 0 aromatic carbocycles. The van der Waals surface area contributed by atoms with Crippen LogP contribution in [0.25, 0.3) is 0 Å². The van der Waals surface area contributed by atoms with Gasteiger partial charge < -0.3 is 14.7 Å². The van der Waals surface area contributed by atoms with Crippen molar-refractivity contribution in [3.05, 3.63) is 0 Å². The number of carboxylic acid groups (broad SMARTS) is 1. The van der Waals surface area contributed by atoms with Crippen molar-refractivity contribution in [2.45, 2.75) is 46.3 Å². The lowest BCUT2D eigenvalue weighted by atomic mass is 9.91. The highest BCUT2D eigenvalue weighted by Gasteiger charge is 2.39. The maximum Gasteiger partial charge on any atom is 0.323 e. The molecule has 1 heterocycles. The Morgan fingerprint density at radius 1 is 1.33 bits per heavy atom. The summed E-state index contributed by atoms with van der Waals surface area (Å²) in [5, 5.41) is 8.87. The molecule has 1 fully saturated rings. The highest BCUT2D eigenvalue weighted by Crippen LogP contribution is 2.28. The molecule has 5 nitrogen and oxygen atoms in total. The number of carbonyl (C=O) groups is 2. The van der Waals surface area contributed by atoms with Gasteiger partial charge in [0.15, 0.2) is 0 Å². The second-order valence-electron chi connectivity index (χ2n) is 5.43.